The Morgan fingerprint density at radius 2 is 1.84 bits per heavy atom. The first-order valence-corrected chi connectivity index (χ1v) is 10.1. The molecule has 0 saturated carbocycles. The van der Waals surface area contributed by atoms with Gasteiger partial charge >= 0.3 is 0 Å². The number of carbonyl (C=O) groups excluding carboxylic acids is 1. The molecular formula is C17H19Cl2N2O3S+. The zero-order valence-electron chi connectivity index (χ0n) is 13.8. The maximum Gasteiger partial charge on any atom is 0.279 e. The van der Waals surface area contributed by atoms with Gasteiger partial charge in [0.15, 0.2) is 16.4 Å². The molecule has 0 aliphatic carbocycles. The number of rotatable bonds is 6. The molecular weight excluding hydrogens is 383 g/mol. The van der Waals surface area contributed by atoms with Crippen LogP contribution in [-0.2, 0) is 21.2 Å². The van der Waals surface area contributed by atoms with Crippen molar-refractivity contribution in [3.63, 3.8) is 0 Å². The highest BCUT2D eigenvalue weighted by Gasteiger charge is 2.13. The Morgan fingerprint density at radius 3 is 2.48 bits per heavy atom. The van der Waals surface area contributed by atoms with Crippen molar-refractivity contribution in [3.8, 4) is 0 Å². The fourth-order valence-corrected chi connectivity index (χ4v) is 3.33. The van der Waals surface area contributed by atoms with Crippen molar-refractivity contribution in [1.82, 2.24) is 0 Å². The smallest absolute Gasteiger partial charge is 0.279 e. The van der Waals surface area contributed by atoms with Crippen LogP contribution < -0.4 is 10.2 Å². The number of halogens is 2. The number of anilines is 1. The Morgan fingerprint density at radius 1 is 1.12 bits per heavy atom. The Labute approximate surface area is 157 Å². The van der Waals surface area contributed by atoms with E-state index in [4.69, 9.17) is 23.2 Å². The summed E-state index contributed by atoms with van der Waals surface area (Å²) in [6, 6.07) is 11.6. The van der Waals surface area contributed by atoms with Crippen LogP contribution in [-0.4, -0.2) is 34.2 Å². The summed E-state index contributed by atoms with van der Waals surface area (Å²) in [6.45, 7) is 0.830. The van der Waals surface area contributed by atoms with Gasteiger partial charge in [0.25, 0.3) is 5.91 Å². The van der Waals surface area contributed by atoms with Crippen molar-refractivity contribution >= 4 is 44.6 Å². The third-order valence-electron chi connectivity index (χ3n) is 3.50. The average molecular weight is 402 g/mol. The van der Waals surface area contributed by atoms with Gasteiger partial charge in [-0.25, -0.2) is 8.42 Å². The van der Waals surface area contributed by atoms with E-state index in [0.29, 0.717) is 22.3 Å². The van der Waals surface area contributed by atoms with Crippen LogP contribution in [0.15, 0.2) is 47.4 Å². The van der Waals surface area contributed by atoms with E-state index in [-0.39, 0.29) is 17.3 Å². The number of likely N-dealkylation sites (N-methyl/N-ethyl adjacent to an activating group) is 1. The number of quaternary nitrogens is 1. The van der Waals surface area contributed by atoms with Crippen LogP contribution in [0.5, 0.6) is 0 Å². The fraction of sp³-hybridized carbons (Fsp3) is 0.235. The Kier molecular flexibility index (Phi) is 6.46. The van der Waals surface area contributed by atoms with Gasteiger partial charge in [-0.2, -0.15) is 0 Å². The van der Waals surface area contributed by atoms with Crippen molar-refractivity contribution < 1.29 is 18.1 Å². The molecule has 0 fully saturated rings. The number of carbonyl (C=O) groups is 1. The second kappa shape index (κ2) is 8.19. The van der Waals surface area contributed by atoms with E-state index in [1.54, 1.807) is 24.3 Å². The highest BCUT2D eigenvalue weighted by molar-refractivity contribution is 7.90. The van der Waals surface area contributed by atoms with Crippen LogP contribution in [0.2, 0.25) is 10.0 Å². The van der Waals surface area contributed by atoms with Crippen molar-refractivity contribution in [2.24, 2.45) is 0 Å². The van der Waals surface area contributed by atoms with Crippen molar-refractivity contribution in [1.29, 1.82) is 0 Å². The van der Waals surface area contributed by atoms with Crippen molar-refractivity contribution in [2.75, 3.05) is 25.2 Å². The van der Waals surface area contributed by atoms with E-state index >= 15 is 0 Å². The first-order valence-electron chi connectivity index (χ1n) is 7.50. The molecule has 2 aromatic carbocycles. The quantitative estimate of drug-likeness (QED) is 0.777. The zero-order chi connectivity index (χ0) is 18.6. The van der Waals surface area contributed by atoms with E-state index in [1.807, 2.05) is 13.1 Å². The lowest BCUT2D eigenvalue weighted by atomic mass is 10.2. The Bertz CT molecular complexity index is 885. The lowest BCUT2D eigenvalue weighted by Crippen LogP contribution is -3.08. The number of benzene rings is 2. The van der Waals surface area contributed by atoms with E-state index in [1.165, 1.54) is 12.1 Å². The molecule has 5 nitrogen and oxygen atoms in total. The van der Waals surface area contributed by atoms with Crippen LogP contribution in [0.3, 0.4) is 0 Å². The van der Waals surface area contributed by atoms with E-state index in [0.717, 1.165) is 16.7 Å². The molecule has 0 radical (unpaired) electrons. The topological polar surface area (TPSA) is 67.7 Å². The molecule has 2 rings (SSSR count). The lowest BCUT2D eigenvalue weighted by molar-refractivity contribution is -0.885. The van der Waals surface area contributed by atoms with Gasteiger partial charge in [-0.1, -0.05) is 35.3 Å². The molecule has 0 heterocycles. The van der Waals surface area contributed by atoms with Gasteiger partial charge in [-0.05, 0) is 30.3 Å². The van der Waals surface area contributed by atoms with Crippen LogP contribution in [0, 0.1) is 0 Å². The number of amides is 1. The van der Waals surface area contributed by atoms with Crippen LogP contribution in [0.1, 0.15) is 5.56 Å². The molecule has 0 aromatic heterocycles. The molecule has 1 amide bonds. The van der Waals surface area contributed by atoms with Gasteiger partial charge in [0.1, 0.15) is 6.54 Å². The Balaban J connectivity index is 1.96. The maximum absolute atomic E-state index is 12.2. The first-order chi connectivity index (χ1) is 11.6. The van der Waals surface area contributed by atoms with Crippen LogP contribution in [0.25, 0.3) is 0 Å². The number of nitrogens with one attached hydrogen (secondary N) is 2. The van der Waals surface area contributed by atoms with Gasteiger partial charge in [0, 0.05) is 17.5 Å². The second-order valence-electron chi connectivity index (χ2n) is 5.91. The predicted molar refractivity (Wildman–Crippen MR) is 100 cm³/mol. The second-order valence-corrected chi connectivity index (χ2v) is 8.74. The van der Waals surface area contributed by atoms with Gasteiger partial charge in [-0.15, -0.1) is 0 Å². The van der Waals surface area contributed by atoms with Gasteiger partial charge < -0.3 is 10.2 Å². The van der Waals surface area contributed by atoms with Crippen molar-refractivity contribution in [3.05, 3.63) is 58.1 Å². The van der Waals surface area contributed by atoms with E-state index in [2.05, 4.69) is 5.32 Å². The maximum atomic E-state index is 12.2. The molecule has 134 valence electrons. The minimum atomic E-state index is -3.31. The summed E-state index contributed by atoms with van der Waals surface area (Å²) in [7, 11) is -1.43. The van der Waals surface area contributed by atoms with Gasteiger partial charge in [0.2, 0.25) is 0 Å². The summed E-state index contributed by atoms with van der Waals surface area (Å²) in [6.07, 6.45) is 1.13. The van der Waals surface area contributed by atoms with Crippen LogP contribution in [0.4, 0.5) is 5.69 Å². The highest BCUT2D eigenvalue weighted by Crippen LogP contribution is 2.22. The molecule has 1 unspecified atom stereocenters. The third kappa shape index (κ3) is 6.01. The number of hydrogen-bond acceptors (Lipinski definition) is 3. The number of sulfone groups is 1. The molecule has 2 aromatic rings. The zero-order valence-corrected chi connectivity index (χ0v) is 16.2. The van der Waals surface area contributed by atoms with Gasteiger partial charge in [0.05, 0.1) is 22.0 Å². The fourth-order valence-electron chi connectivity index (χ4n) is 2.34. The predicted octanol–water partition coefficient (Wildman–Crippen LogP) is 2.05. The molecule has 2 N–H and O–H groups in total. The normalized spacial score (nSPS) is 12.6. The molecule has 25 heavy (non-hydrogen) atoms. The summed E-state index contributed by atoms with van der Waals surface area (Å²) < 4.78 is 23.1. The minimum absolute atomic E-state index is 0.168. The summed E-state index contributed by atoms with van der Waals surface area (Å²) in [5.41, 5.74) is 1.43. The molecule has 1 atom stereocenters. The van der Waals surface area contributed by atoms with Crippen molar-refractivity contribution in [2.45, 2.75) is 11.4 Å². The molecule has 0 aliphatic rings. The summed E-state index contributed by atoms with van der Waals surface area (Å²) in [5.74, 6) is -0.205. The first kappa shape index (κ1) is 19.7. The van der Waals surface area contributed by atoms with E-state index in [9.17, 15) is 13.2 Å². The molecule has 8 heteroatoms. The summed E-state index contributed by atoms with van der Waals surface area (Å²) in [5, 5.41) is 3.69. The van der Waals surface area contributed by atoms with Gasteiger partial charge in [-0.3, -0.25) is 4.79 Å². The largest absolute Gasteiger partial charge is 0.326 e. The monoisotopic (exact) mass is 401 g/mol. The molecule has 0 bridgehead atoms. The standard InChI is InChI=1S/C17H18Cl2N2O3S/c1-21(10-12-6-7-15(18)16(19)8-12)11-17(22)20-13-4-3-5-14(9-13)25(2,23)24/h3-9H,10-11H2,1-2H3,(H,20,22)/p+1. The average Bonchev–Trinajstić information content (AvgIpc) is 2.50. The summed E-state index contributed by atoms with van der Waals surface area (Å²) >= 11 is 11.9. The van der Waals surface area contributed by atoms with E-state index < -0.39 is 9.84 Å². The lowest BCUT2D eigenvalue weighted by Gasteiger charge is -2.14. The number of hydrogen-bond donors (Lipinski definition) is 2. The Hall–Kier alpha value is -1.60. The SMILES string of the molecule is C[NH+](CC(=O)Nc1cccc(S(C)(=O)=O)c1)Cc1ccc(Cl)c(Cl)c1. The van der Waals surface area contributed by atoms with Crippen LogP contribution >= 0.6 is 23.2 Å². The molecule has 0 spiro atoms. The summed E-state index contributed by atoms with van der Waals surface area (Å²) in [4.78, 5) is 13.3. The minimum Gasteiger partial charge on any atom is -0.326 e. The highest BCUT2D eigenvalue weighted by atomic mass is 35.5. The molecule has 0 saturated heterocycles. The molecule has 0 aliphatic heterocycles. The third-order valence-corrected chi connectivity index (χ3v) is 5.35.